The second-order valence-electron chi connectivity index (χ2n) is 4.42. The van der Waals surface area contributed by atoms with E-state index >= 15 is 0 Å². The van der Waals surface area contributed by atoms with Crippen LogP contribution in [0, 0.1) is 0 Å². The highest BCUT2D eigenvalue weighted by Crippen LogP contribution is 2.21. The summed E-state index contributed by atoms with van der Waals surface area (Å²) in [4.78, 5) is 7.20. The largest absolute Gasteiger partial charge is 0.497 e. The summed E-state index contributed by atoms with van der Waals surface area (Å²) in [6, 6.07) is 11.3. The Hall–Kier alpha value is -2.54. The number of aromatic amines is 1. The summed E-state index contributed by atoms with van der Waals surface area (Å²) in [6.45, 7) is 0. The molecule has 1 heterocycles. The number of rotatable bonds is 4. The Kier molecular flexibility index (Phi) is 3.26. The van der Waals surface area contributed by atoms with Crippen LogP contribution in [0.2, 0.25) is 0 Å². The van der Waals surface area contributed by atoms with E-state index in [1.54, 1.807) is 36.7 Å². The number of imidazole rings is 1. The molecule has 0 fully saturated rings. The van der Waals surface area contributed by atoms with Gasteiger partial charge in [0.15, 0.2) is 0 Å². The van der Waals surface area contributed by atoms with Crippen molar-refractivity contribution in [3.8, 4) is 5.75 Å². The molecule has 0 atom stereocenters. The van der Waals surface area contributed by atoms with Gasteiger partial charge >= 0.3 is 0 Å². The van der Waals surface area contributed by atoms with Gasteiger partial charge in [-0.1, -0.05) is 0 Å². The molecular weight excluding hydrogens is 290 g/mol. The summed E-state index contributed by atoms with van der Waals surface area (Å²) in [5.41, 5.74) is 2.02. The summed E-state index contributed by atoms with van der Waals surface area (Å²) in [6.07, 6.45) is 1.56. The van der Waals surface area contributed by atoms with Crippen LogP contribution in [0.4, 0.5) is 5.69 Å². The number of aromatic nitrogens is 2. The number of nitrogens with one attached hydrogen (secondary N) is 2. The third-order valence-electron chi connectivity index (χ3n) is 3.04. The molecule has 3 aromatic rings. The molecule has 0 unspecified atom stereocenters. The number of H-pyrrole nitrogens is 1. The first-order valence-corrected chi connectivity index (χ1v) is 7.67. The van der Waals surface area contributed by atoms with E-state index in [0.717, 1.165) is 11.0 Å². The molecule has 21 heavy (non-hydrogen) atoms. The van der Waals surface area contributed by atoms with Gasteiger partial charge in [0.1, 0.15) is 5.75 Å². The SMILES string of the molecule is COc1ccc(S(=O)(=O)Nc2ccc3nc[nH]c3c2)cc1. The van der Waals surface area contributed by atoms with E-state index in [0.29, 0.717) is 11.4 Å². The van der Waals surface area contributed by atoms with Crippen LogP contribution in [0.25, 0.3) is 11.0 Å². The molecule has 6 nitrogen and oxygen atoms in total. The van der Waals surface area contributed by atoms with Gasteiger partial charge in [-0.2, -0.15) is 0 Å². The zero-order chi connectivity index (χ0) is 14.9. The molecule has 0 radical (unpaired) electrons. The summed E-state index contributed by atoms with van der Waals surface area (Å²) in [5.74, 6) is 0.604. The Morgan fingerprint density at radius 2 is 1.90 bits per heavy atom. The van der Waals surface area contributed by atoms with Crippen LogP contribution in [0.15, 0.2) is 53.7 Å². The summed E-state index contributed by atoms with van der Waals surface area (Å²) in [5, 5.41) is 0. The monoisotopic (exact) mass is 303 g/mol. The maximum Gasteiger partial charge on any atom is 0.261 e. The van der Waals surface area contributed by atoms with Gasteiger partial charge in [0.2, 0.25) is 0 Å². The first-order valence-electron chi connectivity index (χ1n) is 6.18. The highest BCUT2D eigenvalue weighted by atomic mass is 32.2. The van der Waals surface area contributed by atoms with Gasteiger partial charge in [0, 0.05) is 0 Å². The lowest BCUT2D eigenvalue weighted by Gasteiger charge is -2.08. The van der Waals surface area contributed by atoms with Crippen LogP contribution in [-0.2, 0) is 10.0 Å². The third kappa shape index (κ3) is 2.68. The van der Waals surface area contributed by atoms with E-state index in [9.17, 15) is 8.42 Å². The van der Waals surface area contributed by atoms with E-state index in [-0.39, 0.29) is 4.90 Å². The molecule has 3 rings (SSSR count). The van der Waals surface area contributed by atoms with E-state index in [2.05, 4.69) is 14.7 Å². The molecule has 108 valence electrons. The highest BCUT2D eigenvalue weighted by Gasteiger charge is 2.14. The number of anilines is 1. The van der Waals surface area contributed by atoms with Gasteiger partial charge < -0.3 is 9.72 Å². The quantitative estimate of drug-likeness (QED) is 0.775. The number of benzene rings is 2. The first-order chi connectivity index (χ1) is 10.1. The van der Waals surface area contributed by atoms with Crippen LogP contribution in [0.3, 0.4) is 0 Å². The average molecular weight is 303 g/mol. The van der Waals surface area contributed by atoms with E-state index < -0.39 is 10.0 Å². The van der Waals surface area contributed by atoms with Gasteiger partial charge in [-0.25, -0.2) is 13.4 Å². The minimum Gasteiger partial charge on any atom is -0.497 e. The van der Waals surface area contributed by atoms with Crippen LogP contribution in [0.5, 0.6) is 5.75 Å². The lowest BCUT2D eigenvalue weighted by molar-refractivity contribution is 0.414. The maximum absolute atomic E-state index is 12.3. The van der Waals surface area contributed by atoms with Gasteiger partial charge in [0.25, 0.3) is 10.0 Å². The first kappa shape index (κ1) is 13.4. The lowest BCUT2D eigenvalue weighted by atomic mass is 10.3. The van der Waals surface area contributed by atoms with Crippen molar-refractivity contribution in [3.05, 3.63) is 48.8 Å². The normalized spacial score (nSPS) is 11.5. The molecule has 7 heteroatoms. The predicted octanol–water partition coefficient (Wildman–Crippen LogP) is 2.37. The number of fused-ring (bicyclic) bond motifs is 1. The smallest absolute Gasteiger partial charge is 0.261 e. The number of sulfonamides is 1. The number of hydrogen-bond acceptors (Lipinski definition) is 4. The fourth-order valence-electron chi connectivity index (χ4n) is 1.97. The van der Waals surface area contributed by atoms with Crippen molar-refractivity contribution in [2.45, 2.75) is 4.90 Å². The molecule has 2 N–H and O–H groups in total. The molecule has 1 aromatic heterocycles. The molecule has 0 saturated heterocycles. The standard InChI is InChI=1S/C14H13N3O3S/c1-20-11-3-5-12(6-4-11)21(18,19)17-10-2-7-13-14(8-10)16-9-15-13/h2-9,17H,1H3,(H,15,16). The Labute approximate surface area is 121 Å². The minimum absolute atomic E-state index is 0.174. The van der Waals surface area contributed by atoms with E-state index in [4.69, 9.17) is 4.74 Å². The zero-order valence-corrected chi connectivity index (χ0v) is 12.0. The van der Waals surface area contributed by atoms with Crippen molar-refractivity contribution in [2.75, 3.05) is 11.8 Å². The van der Waals surface area contributed by atoms with E-state index in [1.165, 1.54) is 19.2 Å². The zero-order valence-electron chi connectivity index (χ0n) is 11.2. The van der Waals surface area contributed by atoms with E-state index in [1.807, 2.05) is 0 Å². The Balaban J connectivity index is 1.90. The maximum atomic E-state index is 12.3. The topological polar surface area (TPSA) is 84.1 Å². The van der Waals surface area contributed by atoms with Crippen molar-refractivity contribution in [1.82, 2.24) is 9.97 Å². The fourth-order valence-corrected chi connectivity index (χ4v) is 3.02. The summed E-state index contributed by atoms with van der Waals surface area (Å²) < 4.78 is 32.1. The lowest BCUT2D eigenvalue weighted by Crippen LogP contribution is -2.12. The van der Waals surface area contributed by atoms with Crippen molar-refractivity contribution in [1.29, 1.82) is 0 Å². The van der Waals surface area contributed by atoms with Crippen molar-refractivity contribution in [3.63, 3.8) is 0 Å². The Morgan fingerprint density at radius 3 is 2.62 bits per heavy atom. The molecule has 0 spiro atoms. The molecular formula is C14H13N3O3S. The number of ether oxygens (including phenoxy) is 1. The Bertz CT molecular complexity index is 870. The van der Waals surface area contributed by atoms with Crippen LogP contribution in [-0.4, -0.2) is 25.5 Å². The molecule has 0 aliphatic heterocycles. The van der Waals surface area contributed by atoms with Gasteiger partial charge in [-0.15, -0.1) is 0 Å². The average Bonchev–Trinajstić information content (AvgIpc) is 2.94. The molecule has 0 saturated carbocycles. The molecule has 0 bridgehead atoms. The Morgan fingerprint density at radius 1 is 1.14 bits per heavy atom. The summed E-state index contributed by atoms with van der Waals surface area (Å²) in [7, 11) is -2.10. The van der Waals surface area contributed by atoms with Crippen LogP contribution >= 0.6 is 0 Å². The third-order valence-corrected chi connectivity index (χ3v) is 4.44. The number of hydrogen-bond donors (Lipinski definition) is 2. The minimum atomic E-state index is -3.63. The van der Waals surface area contributed by atoms with Gasteiger partial charge in [0.05, 0.1) is 35.1 Å². The van der Waals surface area contributed by atoms with Crippen molar-refractivity contribution < 1.29 is 13.2 Å². The van der Waals surface area contributed by atoms with Crippen molar-refractivity contribution in [2.24, 2.45) is 0 Å². The van der Waals surface area contributed by atoms with Crippen molar-refractivity contribution >= 4 is 26.7 Å². The highest BCUT2D eigenvalue weighted by molar-refractivity contribution is 7.92. The molecule has 0 aliphatic rings. The number of methoxy groups -OCH3 is 1. The van der Waals surface area contributed by atoms with Crippen LogP contribution < -0.4 is 9.46 Å². The molecule has 0 aliphatic carbocycles. The van der Waals surface area contributed by atoms with Gasteiger partial charge in [-0.05, 0) is 42.5 Å². The fraction of sp³-hybridized carbons (Fsp3) is 0.0714. The summed E-state index contributed by atoms with van der Waals surface area (Å²) >= 11 is 0. The second kappa shape index (κ2) is 5.10. The predicted molar refractivity (Wildman–Crippen MR) is 79.9 cm³/mol. The van der Waals surface area contributed by atoms with Gasteiger partial charge in [-0.3, -0.25) is 4.72 Å². The molecule has 2 aromatic carbocycles. The molecule has 0 amide bonds. The second-order valence-corrected chi connectivity index (χ2v) is 6.10. The van der Waals surface area contributed by atoms with Crippen LogP contribution in [0.1, 0.15) is 0 Å². The number of nitrogens with zero attached hydrogens (tertiary/aromatic N) is 1.